The van der Waals surface area contributed by atoms with Gasteiger partial charge in [0.15, 0.2) is 12.2 Å². The number of aromatic nitrogens is 4. The van der Waals surface area contributed by atoms with Gasteiger partial charge in [-0.2, -0.15) is 23.0 Å². The topological polar surface area (TPSA) is 97.3 Å². The van der Waals surface area contributed by atoms with Crippen LogP contribution in [0.3, 0.4) is 0 Å². The number of benzene rings is 2. The van der Waals surface area contributed by atoms with Gasteiger partial charge in [0.05, 0.1) is 23.6 Å². The summed E-state index contributed by atoms with van der Waals surface area (Å²) < 4.78 is 48.8. The van der Waals surface area contributed by atoms with E-state index in [2.05, 4.69) is 15.1 Å². The van der Waals surface area contributed by atoms with E-state index in [1.54, 1.807) is 29.3 Å². The maximum absolute atomic E-state index is 14.2. The van der Waals surface area contributed by atoms with Crippen molar-refractivity contribution in [3.63, 3.8) is 0 Å². The van der Waals surface area contributed by atoms with Crippen LogP contribution >= 0.6 is 0 Å². The fraction of sp³-hybridized carbons (Fsp3) is 0.214. The van der Waals surface area contributed by atoms with E-state index in [4.69, 9.17) is 4.42 Å². The Kier molecular flexibility index (Phi) is 5.95. The lowest BCUT2D eigenvalue weighted by molar-refractivity contribution is -0.137. The fourth-order valence-electron chi connectivity index (χ4n) is 4.97. The van der Waals surface area contributed by atoms with Crippen LogP contribution in [-0.4, -0.2) is 44.0 Å². The summed E-state index contributed by atoms with van der Waals surface area (Å²) >= 11 is 0. The number of aryl methyl sites for hydroxylation is 1. The number of pyridine rings is 1. The van der Waals surface area contributed by atoms with Crippen LogP contribution in [-0.2, 0) is 6.18 Å². The molecule has 1 fully saturated rings. The zero-order chi connectivity index (χ0) is 27.3. The molecule has 1 aliphatic rings. The SMILES string of the molecule is Cc1cc(-c2cnco2)cc(-c2nn(-c3cc(N4CCC(O)C4)ccc3C(F)(F)F)c(=O)c3ncccc23)c1. The minimum absolute atomic E-state index is 0.0136. The average molecular weight is 534 g/mol. The van der Waals surface area contributed by atoms with Crippen LogP contribution in [0, 0.1) is 6.92 Å². The van der Waals surface area contributed by atoms with Crippen LogP contribution in [0.15, 0.2) is 76.5 Å². The second-order valence-corrected chi connectivity index (χ2v) is 9.51. The summed E-state index contributed by atoms with van der Waals surface area (Å²) in [5.74, 6) is 0.510. The molecule has 1 atom stereocenters. The molecule has 1 aliphatic heterocycles. The Morgan fingerprint density at radius 2 is 1.92 bits per heavy atom. The Hall–Kier alpha value is -4.51. The zero-order valence-electron chi connectivity index (χ0n) is 20.7. The average Bonchev–Trinajstić information content (AvgIpc) is 3.60. The standard InChI is InChI=1S/C28H22F3N5O3/c1-16-9-17(24-13-32-15-39-24)11-18(10-16)25-21-3-2-7-33-26(21)27(38)36(34-25)23-12-19(35-8-6-20(37)14-35)4-5-22(23)28(29,30)31/h2-5,7,9-13,15,20,37H,6,8,14H2,1H3. The van der Waals surface area contributed by atoms with Crippen molar-refractivity contribution in [2.45, 2.75) is 25.6 Å². The van der Waals surface area contributed by atoms with Crippen molar-refractivity contribution in [2.75, 3.05) is 18.0 Å². The molecule has 0 saturated carbocycles. The van der Waals surface area contributed by atoms with Gasteiger partial charge in [-0.3, -0.25) is 9.78 Å². The van der Waals surface area contributed by atoms with Crippen LogP contribution in [0.5, 0.6) is 0 Å². The van der Waals surface area contributed by atoms with Crippen LogP contribution < -0.4 is 10.5 Å². The normalized spacial score (nSPS) is 15.8. The fourth-order valence-corrected chi connectivity index (χ4v) is 4.97. The van der Waals surface area contributed by atoms with Crippen molar-refractivity contribution < 1.29 is 22.7 Å². The lowest BCUT2D eigenvalue weighted by Crippen LogP contribution is -2.27. The Morgan fingerprint density at radius 3 is 2.64 bits per heavy atom. The maximum atomic E-state index is 14.2. The van der Waals surface area contributed by atoms with Gasteiger partial charge in [0.2, 0.25) is 0 Å². The third-order valence-corrected chi connectivity index (χ3v) is 6.77. The molecule has 1 saturated heterocycles. The molecule has 3 aromatic heterocycles. The highest BCUT2D eigenvalue weighted by Gasteiger charge is 2.36. The Bertz CT molecular complexity index is 1750. The van der Waals surface area contributed by atoms with Crippen molar-refractivity contribution in [2.24, 2.45) is 0 Å². The van der Waals surface area contributed by atoms with Gasteiger partial charge in [0, 0.05) is 41.5 Å². The zero-order valence-corrected chi connectivity index (χ0v) is 20.7. The quantitative estimate of drug-likeness (QED) is 0.347. The number of hydrogen-bond donors (Lipinski definition) is 1. The van der Waals surface area contributed by atoms with Gasteiger partial charge in [-0.05, 0) is 67.4 Å². The Morgan fingerprint density at radius 1 is 1.10 bits per heavy atom. The van der Waals surface area contributed by atoms with Crippen molar-refractivity contribution in [3.8, 4) is 28.3 Å². The van der Waals surface area contributed by atoms with Gasteiger partial charge in [0.1, 0.15) is 11.2 Å². The van der Waals surface area contributed by atoms with Crippen LogP contribution in [0.2, 0.25) is 0 Å². The van der Waals surface area contributed by atoms with Gasteiger partial charge < -0.3 is 14.4 Å². The third-order valence-electron chi connectivity index (χ3n) is 6.77. The van der Waals surface area contributed by atoms with E-state index in [0.717, 1.165) is 16.3 Å². The van der Waals surface area contributed by atoms with Crippen molar-refractivity contribution in [3.05, 3.63) is 88.8 Å². The van der Waals surface area contributed by atoms with Gasteiger partial charge in [-0.25, -0.2) is 4.98 Å². The number of β-amino-alcohol motifs (C(OH)–C–C–N with tert-alkyl or cyclic N) is 1. The first-order chi connectivity index (χ1) is 18.7. The van der Waals surface area contributed by atoms with Crippen molar-refractivity contribution >= 4 is 16.6 Å². The van der Waals surface area contributed by atoms with Crippen molar-refractivity contribution in [1.82, 2.24) is 19.7 Å². The molecule has 0 aliphatic carbocycles. The van der Waals surface area contributed by atoms with E-state index in [1.807, 2.05) is 19.1 Å². The number of fused-ring (bicyclic) bond motifs is 1. The van der Waals surface area contributed by atoms with Gasteiger partial charge in [0.25, 0.3) is 5.56 Å². The maximum Gasteiger partial charge on any atom is 0.418 e. The first-order valence-corrected chi connectivity index (χ1v) is 12.2. The van der Waals surface area contributed by atoms with E-state index in [-0.39, 0.29) is 17.8 Å². The molecule has 39 heavy (non-hydrogen) atoms. The van der Waals surface area contributed by atoms with E-state index in [0.29, 0.717) is 40.9 Å². The van der Waals surface area contributed by atoms with Gasteiger partial charge >= 0.3 is 6.18 Å². The number of hydrogen-bond acceptors (Lipinski definition) is 7. The van der Waals surface area contributed by atoms with E-state index < -0.39 is 29.1 Å². The lowest BCUT2D eigenvalue weighted by atomic mass is 10.0. The number of anilines is 1. The molecule has 11 heteroatoms. The number of aliphatic hydroxyl groups is 1. The number of rotatable bonds is 4. The molecule has 2 aromatic carbocycles. The largest absolute Gasteiger partial charge is 0.444 e. The molecule has 0 radical (unpaired) electrons. The molecular weight excluding hydrogens is 511 g/mol. The third kappa shape index (κ3) is 4.54. The minimum Gasteiger partial charge on any atom is -0.444 e. The van der Waals surface area contributed by atoms with Crippen LogP contribution in [0.4, 0.5) is 18.9 Å². The summed E-state index contributed by atoms with van der Waals surface area (Å²) in [4.78, 5) is 23.6. The Balaban J connectivity index is 1.62. The van der Waals surface area contributed by atoms with Gasteiger partial charge in [-0.1, -0.05) is 0 Å². The molecule has 0 amide bonds. The van der Waals surface area contributed by atoms with E-state index in [1.165, 1.54) is 24.7 Å². The first kappa shape index (κ1) is 24.8. The summed E-state index contributed by atoms with van der Waals surface area (Å²) in [6, 6.07) is 12.4. The molecule has 1 N–H and O–H groups in total. The van der Waals surface area contributed by atoms with Crippen molar-refractivity contribution in [1.29, 1.82) is 0 Å². The first-order valence-electron chi connectivity index (χ1n) is 12.2. The predicted molar refractivity (Wildman–Crippen MR) is 139 cm³/mol. The molecule has 4 heterocycles. The highest BCUT2D eigenvalue weighted by molar-refractivity contribution is 5.92. The summed E-state index contributed by atoms with van der Waals surface area (Å²) in [5.41, 5.74) is 0.649. The molecule has 0 bridgehead atoms. The van der Waals surface area contributed by atoms with E-state index in [9.17, 15) is 23.1 Å². The molecular formula is C28H22F3N5O3. The highest BCUT2D eigenvalue weighted by Crippen LogP contribution is 2.37. The summed E-state index contributed by atoms with van der Waals surface area (Å²) in [5, 5.41) is 14.9. The second kappa shape index (κ2) is 9.35. The highest BCUT2D eigenvalue weighted by atomic mass is 19.4. The second-order valence-electron chi connectivity index (χ2n) is 9.51. The van der Waals surface area contributed by atoms with Crippen LogP contribution in [0.1, 0.15) is 17.5 Å². The lowest BCUT2D eigenvalue weighted by Gasteiger charge is -2.22. The van der Waals surface area contributed by atoms with E-state index >= 15 is 0 Å². The molecule has 198 valence electrons. The summed E-state index contributed by atoms with van der Waals surface area (Å²) in [7, 11) is 0. The molecule has 5 aromatic rings. The number of alkyl halides is 3. The van der Waals surface area contributed by atoms with Gasteiger partial charge in [-0.15, -0.1) is 0 Å². The summed E-state index contributed by atoms with van der Waals surface area (Å²) in [6.45, 7) is 2.63. The summed E-state index contributed by atoms with van der Waals surface area (Å²) in [6.07, 6.45) is -0.543. The number of oxazole rings is 1. The number of aliphatic hydroxyl groups excluding tert-OH is 1. The predicted octanol–water partition coefficient (Wildman–Crippen LogP) is 5.00. The monoisotopic (exact) mass is 533 g/mol. The smallest absolute Gasteiger partial charge is 0.418 e. The number of halogens is 3. The molecule has 6 rings (SSSR count). The number of nitrogens with zero attached hydrogens (tertiary/aromatic N) is 5. The minimum atomic E-state index is -4.75. The molecule has 8 nitrogen and oxygen atoms in total. The van der Waals surface area contributed by atoms with Crippen LogP contribution in [0.25, 0.3) is 39.2 Å². The molecule has 0 spiro atoms. The Labute approximate surface area is 220 Å². The molecule has 1 unspecified atom stereocenters.